The smallest absolute Gasteiger partial charge is 0.344 e. The lowest BCUT2D eigenvalue weighted by molar-refractivity contribution is 0.0746. The van der Waals surface area contributed by atoms with Crippen molar-refractivity contribution in [3.63, 3.8) is 0 Å². The SMILES string of the molecule is Cc1ccccc1C(=O)N1CCN(c2ccc(NC(=O)c3ccc(-c4cc5ccccc5oc4=O)cc3)cc2)CC1. The molecule has 1 aromatic heterocycles. The van der Waals surface area contributed by atoms with Crippen molar-refractivity contribution in [1.29, 1.82) is 0 Å². The molecule has 0 bridgehead atoms. The van der Waals surface area contributed by atoms with Gasteiger partial charge in [0.15, 0.2) is 0 Å². The Hall–Kier alpha value is -5.17. The number of amides is 2. The first kappa shape index (κ1) is 26.1. The Kier molecular flexibility index (Phi) is 7.08. The quantitative estimate of drug-likeness (QED) is 0.276. The molecule has 0 unspecified atom stereocenters. The molecule has 204 valence electrons. The molecule has 1 saturated heterocycles. The third kappa shape index (κ3) is 5.47. The van der Waals surface area contributed by atoms with E-state index in [-0.39, 0.29) is 11.8 Å². The van der Waals surface area contributed by atoms with Gasteiger partial charge in [0, 0.05) is 54.1 Å². The maximum Gasteiger partial charge on any atom is 0.344 e. The highest BCUT2D eigenvalue weighted by atomic mass is 16.4. The third-order valence-corrected chi connectivity index (χ3v) is 7.53. The molecule has 0 aliphatic carbocycles. The van der Waals surface area contributed by atoms with E-state index in [0.717, 1.165) is 35.3 Å². The molecule has 41 heavy (non-hydrogen) atoms. The Balaban J connectivity index is 1.07. The van der Waals surface area contributed by atoms with Crippen LogP contribution in [0.15, 0.2) is 112 Å². The Morgan fingerprint density at radius 1 is 0.780 bits per heavy atom. The van der Waals surface area contributed by atoms with E-state index in [1.54, 1.807) is 36.4 Å². The Morgan fingerprint density at radius 2 is 1.46 bits per heavy atom. The fraction of sp³-hybridized carbons (Fsp3) is 0.147. The van der Waals surface area contributed by atoms with Crippen LogP contribution in [0.1, 0.15) is 26.3 Å². The summed E-state index contributed by atoms with van der Waals surface area (Å²) in [6, 6.07) is 31.5. The summed E-state index contributed by atoms with van der Waals surface area (Å²) in [5.41, 5.74) is 5.23. The minimum absolute atomic E-state index is 0.0783. The number of carbonyl (C=O) groups is 2. The number of para-hydroxylation sites is 1. The molecule has 4 aromatic carbocycles. The summed E-state index contributed by atoms with van der Waals surface area (Å²) in [5, 5.41) is 3.78. The number of fused-ring (bicyclic) bond motifs is 1. The summed E-state index contributed by atoms with van der Waals surface area (Å²) in [6.07, 6.45) is 0. The van der Waals surface area contributed by atoms with E-state index in [1.165, 1.54) is 0 Å². The standard InChI is InChI=1S/C34H29N3O4/c1-23-6-2-4-8-29(23)33(39)37-20-18-36(19-21-37)28-16-14-27(15-17-28)35-32(38)25-12-10-24(11-13-25)30-22-26-7-3-5-9-31(26)41-34(30)40/h2-17,22H,18-21H2,1H3,(H,35,38). The number of piperazine rings is 1. The number of hydrogen-bond donors (Lipinski definition) is 1. The zero-order valence-corrected chi connectivity index (χ0v) is 22.7. The number of rotatable bonds is 5. The Labute approximate surface area is 237 Å². The van der Waals surface area contributed by atoms with Crippen molar-refractivity contribution in [3.05, 3.63) is 130 Å². The fourth-order valence-corrected chi connectivity index (χ4v) is 5.17. The van der Waals surface area contributed by atoms with Crippen molar-refractivity contribution in [2.24, 2.45) is 0 Å². The van der Waals surface area contributed by atoms with Crippen LogP contribution >= 0.6 is 0 Å². The van der Waals surface area contributed by atoms with Gasteiger partial charge in [-0.05, 0) is 72.6 Å². The topological polar surface area (TPSA) is 82.9 Å². The molecule has 1 aliphatic heterocycles. The second-order valence-electron chi connectivity index (χ2n) is 10.2. The Morgan fingerprint density at radius 3 is 2.20 bits per heavy atom. The first-order chi connectivity index (χ1) is 20.0. The molecule has 0 atom stereocenters. The van der Waals surface area contributed by atoms with Gasteiger partial charge < -0.3 is 19.5 Å². The van der Waals surface area contributed by atoms with Crippen LogP contribution in [0.5, 0.6) is 0 Å². The maximum absolute atomic E-state index is 12.9. The van der Waals surface area contributed by atoms with E-state index in [4.69, 9.17) is 4.42 Å². The molecular weight excluding hydrogens is 514 g/mol. The minimum Gasteiger partial charge on any atom is -0.422 e. The van der Waals surface area contributed by atoms with E-state index < -0.39 is 5.63 Å². The minimum atomic E-state index is -0.416. The highest BCUT2D eigenvalue weighted by Crippen LogP contribution is 2.23. The summed E-state index contributed by atoms with van der Waals surface area (Å²) >= 11 is 0. The summed E-state index contributed by atoms with van der Waals surface area (Å²) in [7, 11) is 0. The van der Waals surface area contributed by atoms with Crippen LogP contribution < -0.4 is 15.8 Å². The van der Waals surface area contributed by atoms with Gasteiger partial charge in [0.05, 0.1) is 5.56 Å². The van der Waals surface area contributed by atoms with Gasteiger partial charge in [-0.25, -0.2) is 4.79 Å². The normalized spacial score (nSPS) is 13.3. The van der Waals surface area contributed by atoms with E-state index in [0.29, 0.717) is 41.1 Å². The van der Waals surface area contributed by atoms with Crippen LogP contribution in [0.25, 0.3) is 22.1 Å². The van der Waals surface area contributed by atoms with Crippen LogP contribution in [0.3, 0.4) is 0 Å². The summed E-state index contributed by atoms with van der Waals surface area (Å²) in [6.45, 7) is 4.76. The number of nitrogens with one attached hydrogen (secondary N) is 1. The van der Waals surface area contributed by atoms with Gasteiger partial charge in [-0.2, -0.15) is 0 Å². The zero-order valence-electron chi connectivity index (χ0n) is 22.7. The molecule has 1 aliphatic rings. The molecule has 2 heterocycles. The van der Waals surface area contributed by atoms with Gasteiger partial charge >= 0.3 is 5.63 Å². The monoisotopic (exact) mass is 543 g/mol. The van der Waals surface area contributed by atoms with Crippen molar-refractivity contribution >= 4 is 34.2 Å². The lowest BCUT2D eigenvalue weighted by atomic mass is 10.0. The lowest BCUT2D eigenvalue weighted by Crippen LogP contribution is -2.48. The van der Waals surface area contributed by atoms with Crippen LogP contribution in [-0.2, 0) is 0 Å². The molecule has 7 nitrogen and oxygen atoms in total. The molecule has 7 heteroatoms. The molecule has 6 rings (SSSR count). The fourth-order valence-electron chi connectivity index (χ4n) is 5.17. The highest BCUT2D eigenvalue weighted by molar-refractivity contribution is 6.04. The van der Waals surface area contributed by atoms with Gasteiger partial charge in [-0.3, -0.25) is 9.59 Å². The van der Waals surface area contributed by atoms with E-state index >= 15 is 0 Å². The summed E-state index contributed by atoms with van der Waals surface area (Å²) in [4.78, 5) is 42.5. The second kappa shape index (κ2) is 11.1. The number of benzene rings is 4. The lowest BCUT2D eigenvalue weighted by Gasteiger charge is -2.36. The van der Waals surface area contributed by atoms with Gasteiger partial charge in [0.25, 0.3) is 11.8 Å². The highest BCUT2D eigenvalue weighted by Gasteiger charge is 2.23. The van der Waals surface area contributed by atoms with E-state index in [2.05, 4.69) is 10.2 Å². The van der Waals surface area contributed by atoms with Crippen LogP contribution in [-0.4, -0.2) is 42.9 Å². The molecular formula is C34H29N3O4. The summed E-state index contributed by atoms with van der Waals surface area (Å²) in [5.74, 6) is -0.159. The number of nitrogens with zero attached hydrogens (tertiary/aromatic N) is 2. The van der Waals surface area contributed by atoms with Crippen molar-refractivity contribution < 1.29 is 14.0 Å². The number of anilines is 2. The van der Waals surface area contributed by atoms with Crippen molar-refractivity contribution in [2.75, 3.05) is 36.4 Å². The van der Waals surface area contributed by atoms with Crippen molar-refractivity contribution in [2.45, 2.75) is 6.92 Å². The van der Waals surface area contributed by atoms with Gasteiger partial charge in [0.2, 0.25) is 0 Å². The number of carbonyl (C=O) groups excluding carboxylic acids is 2. The molecule has 2 amide bonds. The first-order valence-electron chi connectivity index (χ1n) is 13.6. The largest absolute Gasteiger partial charge is 0.422 e. The Bertz CT molecular complexity index is 1780. The molecule has 0 radical (unpaired) electrons. The number of aryl methyl sites for hydroxylation is 1. The maximum atomic E-state index is 12.9. The van der Waals surface area contributed by atoms with Gasteiger partial charge in [0.1, 0.15) is 5.58 Å². The van der Waals surface area contributed by atoms with Gasteiger partial charge in [-0.15, -0.1) is 0 Å². The first-order valence-corrected chi connectivity index (χ1v) is 13.6. The molecule has 0 spiro atoms. The zero-order chi connectivity index (χ0) is 28.3. The second-order valence-corrected chi connectivity index (χ2v) is 10.2. The van der Waals surface area contributed by atoms with E-state index in [1.807, 2.05) is 78.6 Å². The van der Waals surface area contributed by atoms with E-state index in [9.17, 15) is 14.4 Å². The molecule has 1 fully saturated rings. The van der Waals surface area contributed by atoms with Crippen molar-refractivity contribution in [1.82, 2.24) is 4.90 Å². The molecule has 5 aromatic rings. The van der Waals surface area contributed by atoms with Crippen LogP contribution in [0.4, 0.5) is 11.4 Å². The molecule has 1 N–H and O–H groups in total. The van der Waals surface area contributed by atoms with Crippen LogP contribution in [0.2, 0.25) is 0 Å². The van der Waals surface area contributed by atoms with Crippen molar-refractivity contribution in [3.8, 4) is 11.1 Å². The average molecular weight is 544 g/mol. The molecule has 0 saturated carbocycles. The van der Waals surface area contributed by atoms with Gasteiger partial charge in [-0.1, -0.05) is 48.5 Å². The number of hydrogen-bond acceptors (Lipinski definition) is 5. The predicted octanol–water partition coefficient (Wildman–Crippen LogP) is 5.98. The van der Waals surface area contributed by atoms with Crippen LogP contribution in [0, 0.1) is 6.92 Å². The average Bonchev–Trinajstić information content (AvgIpc) is 3.01. The predicted molar refractivity (Wildman–Crippen MR) is 162 cm³/mol. The summed E-state index contributed by atoms with van der Waals surface area (Å²) < 4.78 is 5.44. The third-order valence-electron chi connectivity index (χ3n) is 7.53.